The maximum atomic E-state index is 3.57. The second kappa shape index (κ2) is 3.33. The number of hydrogen-bond donors (Lipinski definition) is 1. The van der Waals surface area contributed by atoms with E-state index in [1.165, 1.54) is 32.5 Å². The third kappa shape index (κ3) is 1.55. The van der Waals surface area contributed by atoms with Gasteiger partial charge in [0, 0.05) is 19.1 Å². The molecule has 0 spiro atoms. The summed E-state index contributed by atoms with van der Waals surface area (Å²) in [5, 5.41) is 3.57. The van der Waals surface area contributed by atoms with Crippen LogP contribution in [0, 0.1) is 5.92 Å². The molecule has 0 amide bonds. The largest absolute Gasteiger partial charge is 0.314 e. The molecule has 2 aliphatic heterocycles. The van der Waals surface area contributed by atoms with Gasteiger partial charge < -0.3 is 5.32 Å². The van der Waals surface area contributed by atoms with Crippen LogP contribution in [0.2, 0.25) is 0 Å². The molecule has 11 heavy (non-hydrogen) atoms. The van der Waals surface area contributed by atoms with Gasteiger partial charge in [0.2, 0.25) is 0 Å². The number of fused-ring (bicyclic) bond motifs is 1. The molecule has 2 nitrogen and oxygen atoms in total. The molecule has 0 aromatic heterocycles. The van der Waals surface area contributed by atoms with E-state index in [-0.39, 0.29) is 0 Å². The number of hydrogen-bond acceptors (Lipinski definition) is 3. The van der Waals surface area contributed by atoms with Crippen LogP contribution in [0.5, 0.6) is 0 Å². The highest BCUT2D eigenvalue weighted by molar-refractivity contribution is 7.96. The van der Waals surface area contributed by atoms with Gasteiger partial charge in [-0.3, -0.25) is 4.31 Å². The molecule has 0 aromatic carbocycles. The molecule has 3 heteroatoms. The molecule has 1 N–H and O–H groups in total. The molecule has 2 atom stereocenters. The summed E-state index contributed by atoms with van der Waals surface area (Å²) in [7, 11) is 0. The highest BCUT2D eigenvalue weighted by atomic mass is 32.2. The molecule has 2 aliphatic rings. The Morgan fingerprint density at radius 2 is 2.36 bits per heavy atom. The smallest absolute Gasteiger partial charge is 0.0133 e. The molecule has 0 saturated carbocycles. The molecule has 0 bridgehead atoms. The minimum Gasteiger partial charge on any atom is -0.314 e. The lowest BCUT2D eigenvalue weighted by Gasteiger charge is -2.32. The molecule has 64 valence electrons. The van der Waals surface area contributed by atoms with Gasteiger partial charge in [0.05, 0.1) is 0 Å². The zero-order valence-electron chi connectivity index (χ0n) is 7.05. The summed E-state index contributed by atoms with van der Waals surface area (Å²) in [6, 6.07) is 0.846. The van der Waals surface area contributed by atoms with Gasteiger partial charge in [-0.25, -0.2) is 0 Å². The third-order valence-corrected chi connectivity index (χ3v) is 3.72. The Morgan fingerprint density at radius 1 is 1.45 bits per heavy atom. The Labute approximate surface area is 72.9 Å². The van der Waals surface area contributed by atoms with Crippen LogP contribution in [-0.4, -0.2) is 36.2 Å². The average Bonchev–Trinajstić information content (AvgIpc) is 2.50. The molecule has 0 aromatic rings. The van der Waals surface area contributed by atoms with Crippen molar-refractivity contribution in [3.05, 3.63) is 0 Å². The zero-order valence-corrected chi connectivity index (χ0v) is 7.86. The second-order valence-electron chi connectivity index (χ2n) is 3.47. The van der Waals surface area contributed by atoms with Gasteiger partial charge in [-0.2, -0.15) is 0 Å². The van der Waals surface area contributed by atoms with Gasteiger partial charge in [0.1, 0.15) is 0 Å². The van der Waals surface area contributed by atoms with Crippen LogP contribution < -0.4 is 5.32 Å². The van der Waals surface area contributed by atoms with E-state index < -0.39 is 0 Å². The fourth-order valence-electron chi connectivity index (χ4n) is 2.18. The van der Waals surface area contributed by atoms with E-state index in [9.17, 15) is 0 Å². The fourth-order valence-corrected chi connectivity index (χ4v) is 2.81. The summed E-state index contributed by atoms with van der Waals surface area (Å²) in [4.78, 5) is 0. The van der Waals surface area contributed by atoms with E-state index in [1.807, 2.05) is 11.9 Å². The number of piperidine rings is 1. The predicted octanol–water partition coefficient (Wildman–Crippen LogP) is 0.948. The number of nitrogens with one attached hydrogen (secondary N) is 1. The monoisotopic (exact) mass is 172 g/mol. The van der Waals surface area contributed by atoms with E-state index in [2.05, 4.69) is 15.9 Å². The number of nitrogens with zero attached hydrogens (tertiary/aromatic N) is 1. The van der Waals surface area contributed by atoms with Crippen molar-refractivity contribution in [3.63, 3.8) is 0 Å². The Morgan fingerprint density at radius 3 is 3.18 bits per heavy atom. The summed E-state index contributed by atoms with van der Waals surface area (Å²) >= 11 is 1.90. The van der Waals surface area contributed by atoms with E-state index in [4.69, 9.17) is 0 Å². The normalized spacial score (nSPS) is 39.0. The minimum atomic E-state index is 0.846. The van der Waals surface area contributed by atoms with Crippen molar-refractivity contribution >= 4 is 11.9 Å². The van der Waals surface area contributed by atoms with Crippen molar-refractivity contribution in [2.24, 2.45) is 5.92 Å². The average molecular weight is 172 g/mol. The summed E-state index contributed by atoms with van der Waals surface area (Å²) in [6.45, 7) is 3.83. The van der Waals surface area contributed by atoms with Crippen LogP contribution in [0.25, 0.3) is 0 Å². The highest BCUT2D eigenvalue weighted by Gasteiger charge is 2.31. The number of rotatable bonds is 1. The van der Waals surface area contributed by atoms with E-state index >= 15 is 0 Å². The van der Waals surface area contributed by atoms with Crippen molar-refractivity contribution < 1.29 is 0 Å². The fraction of sp³-hybridized carbons (Fsp3) is 1.00. The molecular formula is C8H16N2S. The van der Waals surface area contributed by atoms with Gasteiger partial charge >= 0.3 is 0 Å². The lowest BCUT2D eigenvalue weighted by atomic mass is 9.95. The van der Waals surface area contributed by atoms with Gasteiger partial charge in [-0.1, -0.05) is 11.9 Å². The van der Waals surface area contributed by atoms with Crippen LogP contribution in [0.15, 0.2) is 0 Å². The maximum absolute atomic E-state index is 3.57. The van der Waals surface area contributed by atoms with Crippen molar-refractivity contribution in [3.8, 4) is 0 Å². The molecule has 2 heterocycles. The Bertz CT molecular complexity index is 140. The Balaban J connectivity index is 1.91. The molecule has 0 radical (unpaired) electrons. The first kappa shape index (κ1) is 7.90. The summed E-state index contributed by atoms with van der Waals surface area (Å²) in [5.74, 6) is 0.941. The minimum absolute atomic E-state index is 0.846. The summed E-state index contributed by atoms with van der Waals surface area (Å²) < 4.78 is 2.49. The maximum Gasteiger partial charge on any atom is 0.0133 e. The van der Waals surface area contributed by atoms with Crippen LogP contribution >= 0.6 is 11.9 Å². The SMILES string of the molecule is CSN1CCC2NCCC2C1. The van der Waals surface area contributed by atoms with E-state index in [1.54, 1.807) is 0 Å². The molecule has 2 fully saturated rings. The van der Waals surface area contributed by atoms with Crippen LogP contribution in [-0.2, 0) is 0 Å². The van der Waals surface area contributed by atoms with Crippen molar-refractivity contribution in [1.82, 2.24) is 9.62 Å². The Kier molecular flexibility index (Phi) is 2.39. The van der Waals surface area contributed by atoms with Gasteiger partial charge in [0.25, 0.3) is 0 Å². The summed E-state index contributed by atoms with van der Waals surface area (Å²) in [6.07, 6.45) is 4.93. The van der Waals surface area contributed by atoms with E-state index in [0.29, 0.717) is 0 Å². The van der Waals surface area contributed by atoms with Crippen LogP contribution in [0.4, 0.5) is 0 Å². The van der Waals surface area contributed by atoms with Crippen molar-refractivity contribution in [2.45, 2.75) is 18.9 Å². The lowest BCUT2D eigenvalue weighted by Crippen LogP contribution is -2.41. The lowest BCUT2D eigenvalue weighted by molar-refractivity contribution is 0.263. The van der Waals surface area contributed by atoms with Gasteiger partial charge in [-0.15, -0.1) is 0 Å². The third-order valence-electron chi connectivity index (χ3n) is 2.88. The zero-order chi connectivity index (χ0) is 7.68. The molecule has 2 rings (SSSR count). The summed E-state index contributed by atoms with van der Waals surface area (Å²) in [5.41, 5.74) is 0. The second-order valence-corrected chi connectivity index (χ2v) is 4.35. The molecule has 2 saturated heterocycles. The molecular weight excluding hydrogens is 156 g/mol. The standard InChI is InChI=1S/C8H16N2S/c1-11-10-5-3-8-7(6-10)2-4-9-8/h7-9H,2-6H2,1H3. The van der Waals surface area contributed by atoms with E-state index in [0.717, 1.165) is 12.0 Å². The molecule has 0 aliphatic carbocycles. The first-order valence-electron chi connectivity index (χ1n) is 4.42. The topological polar surface area (TPSA) is 15.3 Å². The van der Waals surface area contributed by atoms with Gasteiger partial charge in [0.15, 0.2) is 0 Å². The van der Waals surface area contributed by atoms with Crippen molar-refractivity contribution in [1.29, 1.82) is 0 Å². The van der Waals surface area contributed by atoms with Crippen LogP contribution in [0.1, 0.15) is 12.8 Å². The first-order valence-corrected chi connectivity index (χ1v) is 5.61. The Hall–Kier alpha value is 0.270. The molecule has 2 unspecified atom stereocenters. The van der Waals surface area contributed by atoms with Gasteiger partial charge in [-0.05, 0) is 31.6 Å². The van der Waals surface area contributed by atoms with Crippen LogP contribution in [0.3, 0.4) is 0 Å². The quantitative estimate of drug-likeness (QED) is 0.593. The van der Waals surface area contributed by atoms with Crippen molar-refractivity contribution in [2.75, 3.05) is 25.9 Å². The highest BCUT2D eigenvalue weighted by Crippen LogP contribution is 2.26. The first-order chi connectivity index (χ1) is 5.40. The predicted molar refractivity (Wildman–Crippen MR) is 49.6 cm³/mol.